The molecular formula is C22H33N5O8S. The zero-order valence-electron chi connectivity index (χ0n) is 19.9. The van der Waals surface area contributed by atoms with Crippen LogP contribution in [0.4, 0.5) is 0 Å². The van der Waals surface area contributed by atoms with Gasteiger partial charge < -0.3 is 42.3 Å². The molecule has 1 aromatic rings. The maximum absolute atomic E-state index is 12.9. The number of rotatable bonds is 14. The van der Waals surface area contributed by atoms with E-state index in [0.29, 0.717) is 5.56 Å². The minimum absolute atomic E-state index is 0.0594. The average Bonchev–Trinajstić information content (AvgIpc) is 2.84. The van der Waals surface area contributed by atoms with Gasteiger partial charge in [-0.15, -0.1) is 0 Å². The molecule has 0 spiro atoms. The van der Waals surface area contributed by atoms with Crippen LogP contribution in [0.3, 0.4) is 0 Å². The Hall–Kier alpha value is -3.20. The summed E-state index contributed by atoms with van der Waals surface area (Å²) in [4.78, 5) is 61.3. The number of carboxylic acids is 1. The summed E-state index contributed by atoms with van der Waals surface area (Å²) < 4.78 is 0. The summed E-state index contributed by atoms with van der Waals surface area (Å²) in [6.07, 6.45) is -1.33. The molecule has 4 amide bonds. The highest BCUT2D eigenvalue weighted by molar-refractivity contribution is 7.80. The van der Waals surface area contributed by atoms with Gasteiger partial charge in [0.05, 0.1) is 12.7 Å². The summed E-state index contributed by atoms with van der Waals surface area (Å²) in [5, 5.41) is 37.4. The van der Waals surface area contributed by atoms with E-state index in [2.05, 4.69) is 33.9 Å². The number of carbonyl (C=O) groups is 5. The number of carbonyl (C=O) groups excluding carboxylic acids is 4. The van der Waals surface area contributed by atoms with Crippen LogP contribution < -0.4 is 27.0 Å². The zero-order chi connectivity index (χ0) is 27.4. The molecule has 6 atom stereocenters. The Balaban J connectivity index is 2.92. The van der Waals surface area contributed by atoms with Gasteiger partial charge in [-0.25, -0.2) is 4.79 Å². The zero-order valence-corrected chi connectivity index (χ0v) is 20.8. The van der Waals surface area contributed by atoms with Crippen LogP contribution in [0.1, 0.15) is 19.4 Å². The predicted octanol–water partition coefficient (Wildman–Crippen LogP) is -3.10. The fourth-order valence-electron chi connectivity index (χ4n) is 2.93. The number of nitrogens with one attached hydrogen (secondary N) is 4. The third-order valence-electron chi connectivity index (χ3n) is 5.06. The fraction of sp³-hybridized carbons (Fsp3) is 0.500. The second-order valence-electron chi connectivity index (χ2n) is 8.08. The highest BCUT2D eigenvalue weighted by Crippen LogP contribution is 2.05. The SMILES string of the molecule is C[C@H](NC(=O)[C@H](Cc1ccccc1)NC(=O)[C@@H](N)CO)C(=O)N[C@H](C(=O)N[C@@H](CS)C(=O)O)[C@@H](C)O. The summed E-state index contributed by atoms with van der Waals surface area (Å²) in [7, 11) is 0. The van der Waals surface area contributed by atoms with Gasteiger partial charge in [-0.3, -0.25) is 19.2 Å². The normalized spacial score (nSPS) is 15.8. The minimum Gasteiger partial charge on any atom is -0.480 e. The molecule has 0 fully saturated rings. The minimum atomic E-state index is -1.51. The molecule has 14 heteroatoms. The fourth-order valence-corrected chi connectivity index (χ4v) is 3.18. The number of hydrogen-bond acceptors (Lipinski definition) is 9. The largest absolute Gasteiger partial charge is 0.480 e. The van der Waals surface area contributed by atoms with Crippen LogP contribution in [-0.2, 0) is 30.4 Å². The van der Waals surface area contributed by atoms with E-state index in [1.807, 2.05) is 0 Å². The number of amides is 4. The first kappa shape index (κ1) is 30.8. The van der Waals surface area contributed by atoms with Crippen molar-refractivity contribution in [3.63, 3.8) is 0 Å². The lowest BCUT2D eigenvalue weighted by molar-refractivity contribution is -0.142. The van der Waals surface area contributed by atoms with Gasteiger partial charge >= 0.3 is 5.97 Å². The van der Waals surface area contributed by atoms with Crippen LogP contribution in [0, 0.1) is 0 Å². The van der Waals surface area contributed by atoms with Crippen LogP contribution in [0.25, 0.3) is 0 Å². The molecule has 0 bridgehead atoms. The van der Waals surface area contributed by atoms with Crippen LogP contribution >= 0.6 is 12.6 Å². The first-order chi connectivity index (χ1) is 16.9. The number of benzene rings is 1. The van der Waals surface area contributed by atoms with E-state index in [4.69, 9.17) is 15.9 Å². The number of thiol groups is 1. The molecule has 0 unspecified atom stereocenters. The second kappa shape index (κ2) is 15.0. The van der Waals surface area contributed by atoms with Crippen LogP contribution in [0.15, 0.2) is 30.3 Å². The summed E-state index contributed by atoms with van der Waals surface area (Å²) >= 11 is 3.84. The van der Waals surface area contributed by atoms with Crippen molar-refractivity contribution in [2.45, 2.75) is 56.6 Å². The summed E-state index contributed by atoms with van der Waals surface area (Å²) in [6, 6.07) is 2.25. The van der Waals surface area contributed by atoms with E-state index in [1.165, 1.54) is 13.8 Å². The van der Waals surface area contributed by atoms with Gasteiger partial charge in [-0.2, -0.15) is 12.6 Å². The predicted molar refractivity (Wildman–Crippen MR) is 132 cm³/mol. The molecule has 0 aromatic heterocycles. The average molecular weight is 528 g/mol. The third kappa shape index (κ3) is 9.81. The van der Waals surface area contributed by atoms with Crippen LogP contribution in [-0.4, -0.2) is 93.6 Å². The number of nitrogens with two attached hydrogens (primary N) is 1. The molecule has 36 heavy (non-hydrogen) atoms. The van der Waals surface area contributed by atoms with Crippen molar-refractivity contribution < 1.29 is 39.3 Å². The Bertz CT molecular complexity index is 917. The maximum Gasteiger partial charge on any atom is 0.327 e. The summed E-state index contributed by atoms with van der Waals surface area (Å²) in [6.45, 7) is 1.90. The van der Waals surface area contributed by atoms with Crippen molar-refractivity contribution in [1.29, 1.82) is 0 Å². The Labute approximate surface area is 213 Å². The van der Waals surface area contributed by atoms with Gasteiger partial charge in [0.25, 0.3) is 0 Å². The number of carboxylic acid groups (broad SMARTS) is 1. The van der Waals surface area contributed by atoms with Gasteiger partial charge in [0.15, 0.2) is 0 Å². The van der Waals surface area contributed by atoms with Gasteiger partial charge in [0, 0.05) is 12.2 Å². The molecule has 0 radical (unpaired) electrons. The van der Waals surface area contributed by atoms with Gasteiger partial charge in [0.1, 0.15) is 30.2 Å². The van der Waals surface area contributed by atoms with Gasteiger partial charge in [-0.1, -0.05) is 30.3 Å². The second-order valence-corrected chi connectivity index (χ2v) is 8.44. The lowest BCUT2D eigenvalue weighted by Gasteiger charge is -2.26. The molecule has 0 saturated heterocycles. The van der Waals surface area contributed by atoms with Crippen LogP contribution in [0.2, 0.25) is 0 Å². The number of aliphatic hydroxyl groups is 2. The standard InChI is InChI=1S/C22H33N5O8S/c1-11(18(30)27-17(12(2)29)21(33)26-16(10-36)22(34)35)24-20(32)15(25-19(31)14(23)9-28)8-13-6-4-3-5-7-13/h3-7,11-12,14-17,28-29,36H,8-10,23H2,1-2H3,(H,24,32)(H,25,31)(H,26,33)(H,27,30)(H,34,35)/t11-,12+,14-,15-,16-,17-/m0/s1. The van der Waals surface area contributed by atoms with Gasteiger partial charge in [0.2, 0.25) is 23.6 Å². The molecule has 0 aliphatic heterocycles. The summed E-state index contributed by atoms with van der Waals surface area (Å²) in [5.74, 6) is -4.87. The molecule has 0 saturated carbocycles. The van der Waals surface area contributed by atoms with E-state index < -0.39 is 72.5 Å². The number of aliphatic hydroxyl groups excluding tert-OH is 2. The molecule has 1 rings (SSSR count). The van der Waals surface area contributed by atoms with E-state index >= 15 is 0 Å². The Kier molecular flexibility index (Phi) is 12.9. The number of aliphatic carboxylic acids is 1. The smallest absolute Gasteiger partial charge is 0.327 e. The molecule has 0 aliphatic rings. The van der Waals surface area contributed by atoms with Crippen molar-refractivity contribution in [1.82, 2.24) is 21.3 Å². The highest BCUT2D eigenvalue weighted by atomic mass is 32.1. The Morgan fingerprint density at radius 1 is 0.889 bits per heavy atom. The summed E-state index contributed by atoms with van der Waals surface area (Å²) in [5.41, 5.74) is 6.23. The highest BCUT2D eigenvalue weighted by Gasteiger charge is 2.32. The Morgan fingerprint density at radius 2 is 1.47 bits per heavy atom. The maximum atomic E-state index is 12.9. The quantitative estimate of drug-likeness (QED) is 0.112. The van der Waals surface area contributed by atoms with Crippen molar-refractivity contribution in [3.05, 3.63) is 35.9 Å². The van der Waals surface area contributed by atoms with Crippen molar-refractivity contribution in [2.24, 2.45) is 5.73 Å². The van der Waals surface area contributed by atoms with E-state index in [1.54, 1.807) is 30.3 Å². The third-order valence-corrected chi connectivity index (χ3v) is 5.43. The lowest BCUT2D eigenvalue weighted by atomic mass is 10.0. The molecule has 200 valence electrons. The molecule has 9 N–H and O–H groups in total. The first-order valence-corrected chi connectivity index (χ1v) is 11.7. The molecule has 0 heterocycles. The van der Waals surface area contributed by atoms with E-state index in [-0.39, 0.29) is 12.2 Å². The lowest BCUT2D eigenvalue weighted by Crippen LogP contribution is -2.60. The molecule has 1 aromatic carbocycles. The van der Waals surface area contributed by atoms with Crippen LogP contribution in [0.5, 0.6) is 0 Å². The topological polar surface area (TPSA) is 220 Å². The van der Waals surface area contributed by atoms with Crippen molar-refractivity contribution in [2.75, 3.05) is 12.4 Å². The van der Waals surface area contributed by atoms with E-state index in [9.17, 15) is 29.1 Å². The number of hydrogen-bond donors (Lipinski definition) is 9. The van der Waals surface area contributed by atoms with Crippen molar-refractivity contribution >= 4 is 42.2 Å². The Morgan fingerprint density at radius 3 is 1.97 bits per heavy atom. The van der Waals surface area contributed by atoms with Gasteiger partial charge in [-0.05, 0) is 19.4 Å². The van der Waals surface area contributed by atoms with Crippen molar-refractivity contribution in [3.8, 4) is 0 Å². The monoisotopic (exact) mass is 527 g/mol. The molecule has 13 nitrogen and oxygen atoms in total. The first-order valence-electron chi connectivity index (χ1n) is 11.0. The van der Waals surface area contributed by atoms with E-state index in [0.717, 1.165) is 0 Å². The molecular weight excluding hydrogens is 494 g/mol. The molecule has 0 aliphatic carbocycles.